The van der Waals surface area contributed by atoms with Gasteiger partial charge in [0.05, 0.1) is 20.7 Å². The Morgan fingerprint density at radius 2 is 1.64 bits per heavy atom. The Bertz CT molecular complexity index is 1740. The van der Waals surface area contributed by atoms with Crippen LogP contribution in [0.2, 0.25) is 0 Å². The van der Waals surface area contributed by atoms with Crippen LogP contribution in [0.25, 0.3) is 22.2 Å². The highest BCUT2D eigenvalue weighted by Crippen LogP contribution is 2.36. The number of ketones is 1. The van der Waals surface area contributed by atoms with E-state index in [-0.39, 0.29) is 37.9 Å². The molecule has 160 valence electrons. The molecule has 0 unspecified atom stereocenters. The van der Waals surface area contributed by atoms with E-state index in [9.17, 15) is 28.4 Å². The first kappa shape index (κ1) is 20.4. The van der Waals surface area contributed by atoms with Gasteiger partial charge >= 0.3 is 0 Å². The Hall–Kier alpha value is -4.55. The van der Waals surface area contributed by atoms with E-state index in [1.54, 1.807) is 30.3 Å². The SMILES string of the molecule is N#CC(=C(O)c1ccc2c(c1)S(=O)(=O)c1ccccc1C2=O)c1nc2ccccc2c(=O)[nH]1. The molecule has 5 rings (SSSR count). The molecular formula is C24H13N3O5S. The van der Waals surface area contributed by atoms with Gasteiger partial charge in [-0.25, -0.2) is 13.4 Å². The molecule has 0 atom stereocenters. The fourth-order valence-corrected chi connectivity index (χ4v) is 5.48. The van der Waals surface area contributed by atoms with E-state index in [0.717, 1.165) is 6.07 Å². The van der Waals surface area contributed by atoms with Crippen LogP contribution in [-0.4, -0.2) is 29.3 Å². The molecule has 1 aliphatic heterocycles. The average Bonchev–Trinajstić information content (AvgIpc) is 2.83. The summed E-state index contributed by atoms with van der Waals surface area (Å²) in [5, 5.41) is 20.8. The van der Waals surface area contributed by atoms with Gasteiger partial charge in [0.25, 0.3) is 5.56 Å². The molecule has 9 heteroatoms. The maximum absolute atomic E-state index is 13.1. The number of aliphatic hydroxyl groups is 1. The molecule has 0 fully saturated rings. The summed E-state index contributed by atoms with van der Waals surface area (Å²) >= 11 is 0. The first-order chi connectivity index (χ1) is 15.8. The van der Waals surface area contributed by atoms with Crippen LogP contribution >= 0.6 is 0 Å². The molecule has 0 saturated heterocycles. The molecule has 2 N–H and O–H groups in total. The van der Waals surface area contributed by atoms with Crippen molar-refractivity contribution in [2.75, 3.05) is 0 Å². The Morgan fingerprint density at radius 3 is 2.42 bits per heavy atom. The lowest BCUT2D eigenvalue weighted by atomic mass is 9.99. The minimum atomic E-state index is -4.03. The lowest BCUT2D eigenvalue weighted by molar-refractivity contribution is 0.103. The number of fused-ring (bicyclic) bond motifs is 3. The Labute approximate surface area is 187 Å². The minimum Gasteiger partial charge on any atom is -0.506 e. The molecule has 0 aliphatic carbocycles. The second kappa shape index (κ2) is 7.25. The van der Waals surface area contributed by atoms with Crippen LogP contribution in [0.4, 0.5) is 0 Å². The maximum Gasteiger partial charge on any atom is 0.259 e. The average molecular weight is 455 g/mol. The van der Waals surface area contributed by atoms with Crippen LogP contribution < -0.4 is 5.56 Å². The molecule has 2 heterocycles. The fourth-order valence-electron chi connectivity index (χ4n) is 3.80. The predicted octanol–water partition coefficient (Wildman–Crippen LogP) is 3.25. The lowest BCUT2D eigenvalue weighted by Gasteiger charge is -2.19. The van der Waals surface area contributed by atoms with Crippen LogP contribution in [0, 0.1) is 11.3 Å². The number of carbonyl (C=O) groups is 1. The van der Waals surface area contributed by atoms with Gasteiger partial charge in [-0.3, -0.25) is 9.59 Å². The molecule has 0 bridgehead atoms. The highest BCUT2D eigenvalue weighted by Gasteiger charge is 2.35. The number of hydrogen-bond acceptors (Lipinski definition) is 7. The first-order valence-corrected chi connectivity index (χ1v) is 11.2. The molecule has 33 heavy (non-hydrogen) atoms. The molecule has 0 radical (unpaired) electrons. The summed E-state index contributed by atoms with van der Waals surface area (Å²) in [7, 11) is -4.03. The van der Waals surface area contributed by atoms with Crippen LogP contribution in [0.15, 0.2) is 81.3 Å². The number of aromatic amines is 1. The number of rotatable bonds is 2. The Morgan fingerprint density at radius 1 is 0.939 bits per heavy atom. The quantitative estimate of drug-likeness (QED) is 0.307. The van der Waals surface area contributed by atoms with Gasteiger partial charge in [-0.05, 0) is 36.4 Å². The van der Waals surface area contributed by atoms with E-state index < -0.39 is 26.9 Å². The van der Waals surface area contributed by atoms with E-state index >= 15 is 0 Å². The number of benzene rings is 3. The van der Waals surface area contributed by atoms with E-state index in [1.165, 1.54) is 30.3 Å². The summed E-state index contributed by atoms with van der Waals surface area (Å²) in [6.45, 7) is 0. The molecule has 1 aliphatic rings. The van der Waals surface area contributed by atoms with Crippen molar-refractivity contribution in [3.8, 4) is 6.07 Å². The molecule has 0 amide bonds. The fraction of sp³-hybridized carbons (Fsp3) is 0. The number of nitrogens with zero attached hydrogens (tertiary/aromatic N) is 2. The molecule has 0 saturated carbocycles. The van der Waals surface area contributed by atoms with Gasteiger partial charge in [0.2, 0.25) is 9.84 Å². The van der Waals surface area contributed by atoms with Crippen LogP contribution in [0.5, 0.6) is 0 Å². The molecule has 0 spiro atoms. The highest BCUT2D eigenvalue weighted by molar-refractivity contribution is 7.91. The molecule has 8 nitrogen and oxygen atoms in total. The second-order valence-electron chi connectivity index (χ2n) is 7.31. The van der Waals surface area contributed by atoms with Gasteiger partial charge in [0.15, 0.2) is 11.6 Å². The molecular weight excluding hydrogens is 442 g/mol. The number of aliphatic hydroxyl groups excluding tert-OH is 1. The van der Waals surface area contributed by atoms with Crippen LogP contribution in [-0.2, 0) is 9.84 Å². The second-order valence-corrected chi connectivity index (χ2v) is 9.19. The topological polar surface area (TPSA) is 141 Å². The van der Waals surface area contributed by atoms with Crippen molar-refractivity contribution in [3.05, 3.63) is 99.6 Å². The predicted molar refractivity (Wildman–Crippen MR) is 119 cm³/mol. The monoisotopic (exact) mass is 455 g/mol. The van der Waals surface area contributed by atoms with Crippen molar-refractivity contribution in [1.82, 2.24) is 9.97 Å². The van der Waals surface area contributed by atoms with E-state index in [2.05, 4.69) is 9.97 Å². The van der Waals surface area contributed by atoms with Gasteiger partial charge in [0, 0.05) is 16.7 Å². The zero-order chi connectivity index (χ0) is 23.3. The number of aromatic nitrogens is 2. The summed E-state index contributed by atoms with van der Waals surface area (Å²) in [6, 6.07) is 18.0. The van der Waals surface area contributed by atoms with E-state index in [4.69, 9.17) is 0 Å². The molecule has 3 aromatic carbocycles. The minimum absolute atomic E-state index is 0.0168. The number of para-hydroxylation sites is 1. The van der Waals surface area contributed by atoms with Crippen molar-refractivity contribution in [1.29, 1.82) is 5.26 Å². The largest absolute Gasteiger partial charge is 0.506 e. The van der Waals surface area contributed by atoms with Crippen molar-refractivity contribution in [3.63, 3.8) is 0 Å². The number of carbonyl (C=O) groups excluding carboxylic acids is 1. The first-order valence-electron chi connectivity index (χ1n) is 9.69. The molecule has 1 aromatic heterocycles. The third-order valence-corrected chi connectivity index (χ3v) is 7.26. The summed E-state index contributed by atoms with van der Waals surface area (Å²) in [5.74, 6) is -1.20. The van der Waals surface area contributed by atoms with E-state index in [1.807, 2.05) is 6.07 Å². The van der Waals surface area contributed by atoms with Gasteiger partial charge in [0.1, 0.15) is 17.4 Å². The van der Waals surface area contributed by atoms with Crippen molar-refractivity contribution in [2.24, 2.45) is 0 Å². The summed E-state index contributed by atoms with van der Waals surface area (Å²) in [6.07, 6.45) is 0. The number of nitrogens with one attached hydrogen (secondary N) is 1. The Balaban J connectivity index is 1.71. The highest BCUT2D eigenvalue weighted by atomic mass is 32.2. The van der Waals surface area contributed by atoms with Crippen molar-refractivity contribution in [2.45, 2.75) is 9.79 Å². The normalized spacial score (nSPS) is 14.7. The van der Waals surface area contributed by atoms with E-state index in [0.29, 0.717) is 10.9 Å². The third kappa shape index (κ3) is 3.04. The Kier molecular flexibility index (Phi) is 4.48. The van der Waals surface area contributed by atoms with Crippen LogP contribution in [0.1, 0.15) is 27.3 Å². The summed E-state index contributed by atoms with van der Waals surface area (Å²) < 4.78 is 26.3. The van der Waals surface area contributed by atoms with Crippen molar-refractivity contribution >= 4 is 37.9 Å². The van der Waals surface area contributed by atoms with Crippen LogP contribution in [0.3, 0.4) is 0 Å². The summed E-state index contributed by atoms with van der Waals surface area (Å²) in [5.41, 5.74) is -0.484. The third-order valence-electron chi connectivity index (χ3n) is 5.41. The number of hydrogen-bond donors (Lipinski definition) is 2. The maximum atomic E-state index is 13.1. The standard InChI is InChI=1S/C24H13N3O5S/c25-12-17(23-26-18-7-3-1-5-14(18)24(30)27-23)21(28)13-9-10-16-20(11-13)33(31,32)19-8-4-2-6-15(19)22(16)29/h1-11,28H,(H,26,27,30). The molecule has 4 aromatic rings. The van der Waals surface area contributed by atoms with Gasteiger partial charge in [-0.15, -0.1) is 0 Å². The number of nitriles is 1. The van der Waals surface area contributed by atoms with Crippen molar-refractivity contribution < 1.29 is 18.3 Å². The zero-order valence-electron chi connectivity index (χ0n) is 16.7. The van der Waals surface area contributed by atoms with Gasteiger partial charge in [-0.1, -0.05) is 30.3 Å². The van der Waals surface area contributed by atoms with Gasteiger partial charge in [-0.2, -0.15) is 5.26 Å². The smallest absolute Gasteiger partial charge is 0.259 e. The number of allylic oxidation sites excluding steroid dienone is 1. The number of sulfone groups is 1. The summed E-state index contributed by atoms with van der Waals surface area (Å²) in [4.78, 5) is 31.5. The zero-order valence-corrected chi connectivity index (χ0v) is 17.6. The lowest BCUT2D eigenvalue weighted by Crippen LogP contribution is -2.20. The van der Waals surface area contributed by atoms with Gasteiger partial charge < -0.3 is 10.1 Å². The number of H-pyrrole nitrogens is 1.